The van der Waals surface area contributed by atoms with Gasteiger partial charge in [0, 0.05) is 18.3 Å². The van der Waals surface area contributed by atoms with Crippen LogP contribution in [0.4, 0.5) is 0 Å². The predicted octanol–water partition coefficient (Wildman–Crippen LogP) is 4.33. The molecule has 0 saturated carbocycles. The molecule has 3 nitrogen and oxygen atoms in total. The lowest BCUT2D eigenvalue weighted by atomic mass is 10.0. The highest BCUT2D eigenvalue weighted by atomic mass is 16.5. The van der Waals surface area contributed by atoms with Crippen LogP contribution in [0.3, 0.4) is 0 Å². The molecule has 0 amide bonds. The lowest BCUT2D eigenvalue weighted by Crippen LogP contribution is -2.06. The first-order chi connectivity index (χ1) is 10.0. The number of hydrogen-bond acceptors (Lipinski definition) is 3. The number of benzene rings is 1. The summed E-state index contributed by atoms with van der Waals surface area (Å²) in [4.78, 5) is 4.46. The van der Waals surface area contributed by atoms with E-state index in [2.05, 4.69) is 55.3 Å². The van der Waals surface area contributed by atoms with Gasteiger partial charge in [-0.1, -0.05) is 26.0 Å². The molecule has 0 bridgehead atoms. The normalized spacial score (nSPS) is 11.0. The maximum absolute atomic E-state index is 6.08. The van der Waals surface area contributed by atoms with Crippen molar-refractivity contribution in [1.29, 1.82) is 0 Å². The standard InChI is InChI=1S/C18H24N2O/c1-12(2)16-7-6-13(3)8-17(16)21-18-14(4)9-15(10-19-5)11-20-18/h6-9,11-12,19H,10H2,1-5H3. The van der Waals surface area contributed by atoms with E-state index in [9.17, 15) is 0 Å². The van der Waals surface area contributed by atoms with E-state index in [4.69, 9.17) is 4.74 Å². The summed E-state index contributed by atoms with van der Waals surface area (Å²) in [6.07, 6.45) is 1.86. The highest BCUT2D eigenvalue weighted by Crippen LogP contribution is 2.32. The minimum atomic E-state index is 0.421. The van der Waals surface area contributed by atoms with E-state index < -0.39 is 0 Å². The summed E-state index contributed by atoms with van der Waals surface area (Å²) in [7, 11) is 1.93. The largest absolute Gasteiger partial charge is 0.438 e. The number of nitrogens with zero attached hydrogens (tertiary/aromatic N) is 1. The van der Waals surface area contributed by atoms with Crippen molar-refractivity contribution >= 4 is 0 Å². The van der Waals surface area contributed by atoms with Gasteiger partial charge < -0.3 is 10.1 Å². The van der Waals surface area contributed by atoms with Gasteiger partial charge in [-0.25, -0.2) is 4.98 Å². The maximum Gasteiger partial charge on any atom is 0.222 e. The highest BCUT2D eigenvalue weighted by Gasteiger charge is 2.11. The number of aryl methyl sites for hydroxylation is 2. The van der Waals surface area contributed by atoms with Crippen LogP contribution in [0.1, 0.15) is 42.0 Å². The van der Waals surface area contributed by atoms with Gasteiger partial charge >= 0.3 is 0 Å². The lowest BCUT2D eigenvalue weighted by molar-refractivity contribution is 0.449. The molecule has 0 aliphatic rings. The van der Waals surface area contributed by atoms with Gasteiger partial charge in [-0.2, -0.15) is 0 Å². The summed E-state index contributed by atoms with van der Waals surface area (Å²) in [5.74, 6) is 2.01. The first kappa shape index (κ1) is 15.5. The Morgan fingerprint density at radius 2 is 1.95 bits per heavy atom. The summed E-state index contributed by atoms with van der Waals surface area (Å²) in [5, 5.41) is 3.13. The van der Waals surface area contributed by atoms with E-state index >= 15 is 0 Å². The Morgan fingerprint density at radius 3 is 2.57 bits per heavy atom. The second-order valence-electron chi connectivity index (χ2n) is 5.79. The molecule has 21 heavy (non-hydrogen) atoms. The van der Waals surface area contributed by atoms with Crippen molar-refractivity contribution in [3.63, 3.8) is 0 Å². The van der Waals surface area contributed by atoms with E-state index in [1.807, 2.05) is 20.2 Å². The van der Waals surface area contributed by atoms with Gasteiger partial charge in [0.05, 0.1) is 0 Å². The van der Waals surface area contributed by atoms with Crippen LogP contribution in [-0.2, 0) is 6.54 Å². The zero-order valence-electron chi connectivity index (χ0n) is 13.5. The fourth-order valence-electron chi connectivity index (χ4n) is 2.34. The van der Waals surface area contributed by atoms with Crippen LogP contribution in [0.25, 0.3) is 0 Å². The Bertz CT molecular complexity index is 621. The third-order valence-electron chi connectivity index (χ3n) is 3.47. The SMILES string of the molecule is CNCc1cnc(Oc2cc(C)ccc2C(C)C)c(C)c1. The average molecular weight is 284 g/mol. The van der Waals surface area contributed by atoms with Crippen molar-refractivity contribution in [1.82, 2.24) is 10.3 Å². The molecule has 2 rings (SSSR count). The number of hydrogen-bond donors (Lipinski definition) is 1. The predicted molar refractivity (Wildman–Crippen MR) is 87.1 cm³/mol. The summed E-state index contributed by atoms with van der Waals surface area (Å²) >= 11 is 0. The van der Waals surface area contributed by atoms with Gasteiger partial charge in [0.1, 0.15) is 5.75 Å². The molecule has 112 valence electrons. The molecule has 1 aromatic heterocycles. The molecule has 0 saturated heterocycles. The molecule has 1 aromatic carbocycles. The molecule has 1 heterocycles. The van der Waals surface area contributed by atoms with E-state index in [-0.39, 0.29) is 0 Å². The number of aromatic nitrogens is 1. The van der Waals surface area contributed by atoms with Gasteiger partial charge in [-0.15, -0.1) is 0 Å². The van der Waals surface area contributed by atoms with Crippen molar-refractivity contribution in [3.05, 3.63) is 52.7 Å². The monoisotopic (exact) mass is 284 g/mol. The fourth-order valence-corrected chi connectivity index (χ4v) is 2.34. The van der Waals surface area contributed by atoms with Gasteiger partial charge in [-0.05, 0) is 55.6 Å². The number of nitrogens with one attached hydrogen (secondary N) is 1. The zero-order chi connectivity index (χ0) is 15.4. The Balaban J connectivity index is 2.31. The third kappa shape index (κ3) is 3.82. The molecule has 0 unspecified atom stereocenters. The molecular formula is C18H24N2O. The average Bonchev–Trinajstić information content (AvgIpc) is 2.42. The molecule has 3 heteroatoms. The molecule has 0 atom stereocenters. The van der Waals surface area contributed by atoms with Crippen molar-refractivity contribution < 1.29 is 4.74 Å². The molecule has 0 aliphatic carbocycles. The van der Waals surface area contributed by atoms with E-state index in [0.717, 1.165) is 23.4 Å². The van der Waals surface area contributed by atoms with Crippen molar-refractivity contribution in [2.45, 2.75) is 40.2 Å². The van der Waals surface area contributed by atoms with Gasteiger partial charge in [0.2, 0.25) is 5.88 Å². The smallest absolute Gasteiger partial charge is 0.222 e. The van der Waals surface area contributed by atoms with E-state index in [0.29, 0.717) is 11.8 Å². The summed E-state index contributed by atoms with van der Waals surface area (Å²) < 4.78 is 6.08. The van der Waals surface area contributed by atoms with Crippen LogP contribution in [0.2, 0.25) is 0 Å². The summed E-state index contributed by atoms with van der Waals surface area (Å²) in [6.45, 7) is 9.27. The van der Waals surface area contributed by atoms with Crippen LogP contribution in [0.5, 0.6) is 11.6 Å². The van der Waals surface area contributed by atoms with Gasteiger partial charge in [-0.3, -0.25) is 0 Å². The Morgan fingerprint density at radius 1 is 1.19 bits per heavy atom. The van der Waals surface area contributed by atoms with Crippen LogP contribution < -0.4 is 10.1 Å². The maximum atomic E-state index is 6.08. The molecule has 0 aliphatic heterocycles. The van der Waals surface area contributed by atoms with Crippen molar-refractivity contribution in [2.75, 3.05) is 7.05 Å². The minimum Gasteiger partial charge on any atom is -0.438 e. The second-order valence-corrected chi connectivity index (χ2v) is 5.79. The zero-order valence-corrected chi connectivity index (χ0v) is 13.5. The summed E-state index contributed by atoms with van der Waals surface area (Å²) in [6, 6.07) is 8.46. The highest BCUT2D eigenvalue weighted by molar-refractivity contribution is 5.42. The number of pyridine rings is 1. The van der Waals surface area contributed by atoms with E-state index in [1.54, 1.807) is 0 Å². The topological polar surface area (TPSA) is 34.2 Å². The Hall–Kier alpha value is -1.87. The second kappa shape index (κ2) is 6.72. The van der Waals surface area contributed by atoms with Crippen molar-refractivity contribution in [2.24, 2.45) is 0 Å². The molecular weight excluding hydrogens is 260 g/mol. The van der Waals surface area contributed by atoms with Crippen LogP contribution in [-0.4, -0.2) is 12.0 Å². The first-order valence-electron chi connectivity index (χ1n) is 7.39. The van der Waals surface area contributed by atoms with Crippen LogP contribution in [0.15, 0.2) is 30.5 Å². The third-order valence-corrected chi connectivity index (χ3v) is 3.47. The summed E-state index contributed by atoms with van der Waals surface area (Å²) in [5.41, 5.74) is 4.62. The number of rotatable bonds is 5. The van der Waals surface area contributed by atoms with Crippen LogP contribution >= 0.6 is 0 Å². The fraction of sp³-hybridized carbons (Fsp3) is 0.389. The number of ether oxygens (including phenoxy) is 1. The molecule has 0 radical (unpaired) electrons. The molecule has 1 N–H and O–H groups in total. The first-order valence-corrected chi connectivity index (χ1v) is 7.39. The van der Waals surface area contributed by atoms with Gasteiger partial charge in [0.15, 0.2) is 0 Å². The quantitative estimate of drug-likeness (QED) is 0.887. The molecule has 2 aromatic rings. The van der Waals surface area contributed by atoms with Crippen molar-refractivity contribution in [3.8, 4) is 11.6 Å². The molecule has 0 spiro atoms. The Labute approximate surface area is 127 Å². The van der Waals surface area contributed by atoms with Crippen LogP contribution in [0, 0.1) is 13.8 Å². The van der Waals surface area contributed by atoms with Gasteiger partial charge in [0.25, 0.3) is 0 Å². The lowest BCUT2D eigenvalue weighted by Gasteiger charge is -2.15. The Kier molecular flexibility index (Phi) is 4.97. The van der Waals surface area contributed by atoms with E-state index in [1.165, 1.54) is 11.1 Å². The molecule has 0 fully saturated rings. The minimum absolute atomic E-state index is 0.421.